The van der Waals surface area contributed by atoms with E-state index in [0.717, 1.165) is 19.5 Å². The highest BCUT2D eigenvalue weighted by Crippen LogP contribution is 2.24. The highest BCUT2D eigenvalue weighted by atomic mass is 32.1. The third-order valence-electron chi connectivity index (χ3n) is 3.61. The fourth-order valence-corrected chi connectivity index (χ4v) is 3.43. The van der Waals surface area contributed by atoms with E-state index in [-0.39, 0.29) is 12.4 Å². The van der Waals surface area contributed by atoms with Gasteiger partial charge in [-0.3, -0.25) is 4.90 Å². The number of fused-ring (bicyclic) bond motifs is 1. The fraction of sp³-hybridized carbons (Fsp3) is 0.375. The Morgan fingerprint density at radius 2 is 2.10 bits per heavy atom. The second kappa shape index (κ2) is 6.56. The van der Waals surface area contributed by atoms with Gasteiger partial charge in [-0.25, -0.2) is 4.39 Å². The summed E-state index contributed by atoms with van der Waals surface area (Å²) >= 11 is 1.81. The molecule has 0 radical (unpaired) electrons. The van der Waals surface area contributed by atoms with E-state index in [0.29, 0.717) is 12.3 Å². The van der Waals surface area contributed by atoms with Gasteiger partial charge in [0.15, 0.2) is 0 Å². The van der Waals surface area contributed by atoms with Gasteiger partial charge in [0.1, 0.15) is 24.3 Å². The van der Waals surface area contributed by atoms with Crippen LogP contribution in [0, 0.1) is 5.82 Å². The molecule has 0 fully saturated rings. The minimum Gasteiger partial charge on any atom is -0.491 e. The molecule has 1 atom stereocenters. The molecule has 1 aliphatic rings. The van der Waals surface area contributed by atoms with E-state index in [4.69, 9.17) is 4.74 Å². The van der Waals surface area contributed by atoms with Crippen LogP contribution < -0.4 is 4.74 Å². The lowest BCUT2D eigenvalue weighted by atomic mass is 10.1. The average molecular weight is 307 g/mol. The molecule has 21 heavy (non-hydrogen) atoms. The Bertz CT molecular complexity index is 584. The largest absolute Gasteiger partial charge is 0.491 e. The van der Waals surface area contributed by atoms with Gasteiger partial charge in [0, 0.05) is 24.5 Å². The Kier molecular flexibility index (Phi) is 4.53. The van der Waals surface area contributed by atoms with Crippen molar-refractivity contribution in [2.24, 2.45) is 0 Å². The van der Waals surface area contributed by atoms with Crippen LogP contribution in [0.2, 0.25) is 0 Å². The number of hydrogen-bond donors (Lipinski definition) is 1. The van der Waals surface area contributed by atoms with Crippen LogP contribution in [0.4, 0.5) is 4.39 Å². The molecular weight excluding hydrogens is 289 g/mol. The van der Waals surface area contributed by atoms with Crippen LogP contribution in [0.5, 0.6) is 5.75 Å². The molecule has 0 spiro atoms. The number of thiophene rings is 1. The molecule has 1 aliphatic heterocycles. The van der Waals surface area contributed by atoms with Crippen molar-refractivity contribution >= 4 is 11.3 Å². The summed E-state index contributed by atoms with van der Waals surface area (Å²) in [6.45, 7) is 2.68. The molecule has 1 N–H and O–H groups in total. The lowest BCUT2D eigenvalue weighted by molar-refractivity contribution is 0.0640. The summed E-state index contributed by atoms with van der Waals surface area (Å²) in [6.07, 6.45) is 0.508. The van der Waals surface area contributed by atoms with Crippen LogP contribution in [0.1, 0.15) is 10.4 Å². The molecule has 3 nitrogen and oxygen atoms in total. The number of halogens is 1. The molecule has 2 heterocycles. The first-order valence-corrected chi connectivity index (χ1v) is 7.93. The quantitative estimate of drug-likeness (QED) is 0.922. The van der Waals surface area contributed by atoms with Crippen LogP contribution in [0.25, 0.3) is 0 Å². The standard InChI is InChI=1S/C16H18FNO2S/c17-13-1-3-15(4-2-13)20-11-14(19)10-18-7-5-16-12(9-18)6-8-21-16/h1-4,6,8,14,19H,5,7,9-11H2. The molecule has 0 aliphatic carbocycles. The SMILES string of the molecule is OC(COc1ccc(F)cc1)CN1CCc2sccc2C1. The molecule has 5 heteroatoms. The van der Waals surface area contributed by atoms with Crippen LogP contribution in [-0.2, 0) is 13.0 Å². The second-order valence-corrected chi connectivity index (χ2v) is 6.27. The normalized spacial score (nSPS) is 16.5. The highest BCUT2D eigenvalue weighted by molar-refractivity contribution is 7.10. The van der Waals surface area contributed by atoms with Gasteiger partial charge in [-0.2, -0.15) is 0 Å². The number of β-amino-alcohol motifs (C(OH)–C–C–N with tert-alkyl or cyclic N) is 1. The predicted octanol–water partition coefficient (Wildman–Crippen LogP) is 2.69. The Morgan fingerprint density at radius 3 is 2.90 bits per heavy atom. The zero-order valence-corrected chi connectivity index (χ0v) is 12.5. The minimum atomic E-state index is -0.546. The molecule has 3 rings (SSSR count). The van der Waals surface area contributed by atoms with E-state index < -0.39 is 6.10 Å². The van der Waals surface area contributed by atoms with Gasteiger partial charge in [0.25, 0.3) is 0 Å². The van der Waals surface area contributed by atoms with Crippen LogP contribution in [0.15, 0.2) is 35.7 Å². The van der Waals surface area contributed by atoms with Crippen molar-refractivity contribution in [3.63, 3.8) is 0 Å². The van der Waals surface area contributed by atoms with E-state index in [1.807, 2.05) is 11.3 Å². The number of rotatable bonds is 5. The zero-order valence-electron chi connectivity index (χ0n) is 11.7. The highest BCUT2D eigenvalue weighted by Gasteiger charge is 2.19. The molecule has 0 amide bonds. The summed E-state index contributed by atoms with van der Waals surface area (Å²) in [5.41, 5.74) is 1.37. The van der Waals surface area contributed by atoms with Gasteiger partial charge < -0.3 is 9.84 Å². The third-order valence-corrected chi connectivity index (χ3v) is 4.63. The number of aliphatic hydroxyl groups is 1. The molecule has 0 saturated carbocycles. The van der Waals surface area contributed by atoms with E-state index in [1.54, 1.807) is 12.1 Å². The van der Waals surface area contributed by atoms with Crippen molar-refractivity contribution in [1.82, 2.24) is 4.90 Å². The number of hydrogen-bond acceptors (Lipinski definition) is 4. The molecule has 1 aromatic heterocycles. The van der Waals surface area contributed by atoms with Gasteiger partial charge in [-0.05, 0) is 47.7 Å². The maximum atomic E-state index is 12.8. The predicted molar refractivity (Wildman–Crippen MR) is 81.2 cm³/mol. The van der Waals surface area contributed by atoms with Crippen LogP contribution in [-0.4, -0.2) is 35.8 Å². The van der Waals surface area contributed by atoms with Crippen molar-refractivity contribution in [1.29, 1.82) is 0 Å². The molecule has 112 valence electrons. The minimum absolute atomic E-state index is 0.221. The molecule has 0 saturated heterocycles. The zero-order chi connectivity index (χ0) is 14.7. The smallest absolute Gasteiger partial charge is 0.123 e. The van der Waals surface area contributed by atoms with Crippen molar-refractivity contribution in [2.75, 3.05) is 19.7 Å². The monoisotopic (exact) mass is 307 g/mol. The maximum absolute atomic E-state index is 12.8. The van der Waals surface area contributed by atoms with Gasteiger partial charge in [0.05, 0.1) is 0 Å². The number of aliphatic hydroxyl groups excluding tert-OH is 1. The molecule has 1 unspecified atom stereocenters. The van der Waals surface area contributed by atoms with E-state index in [1.165, 1.54) is 22.6 Å². The Balaban J connectivity index is 1.46. The summed E-state index contributed by atoms with van der Waals surface area (Å²) in [5.74, 6) is 0.289. The van der Waals surface area contributed by atoms with Crippen molar-refractivity contribution in [2.45, 2.75) is 19.1 Å². The van der Waals surface area contributed by atoms with E-state index in [9.17, 15) is 9.50 Å². The van der Waals surface area contributed by atoms with Gasteiger partial charge in [-0.15, -0.1) is 11.3 Å². The number of benzene rings is 1. The Hall–Kier alpha value is -1.43. The average Bonchev–Trinajstić information content (AvgIpc) is 2.94. The first-order chi connectivity index (χ1) is 10.2. The summed E-state index contributed by atoms with van der Waals surface area (Å²) in [5, 5.41) is 12.2. The van der Waals surface area contributed by atoms with E-state index >= 15 is 0 Å². The summed E-state index contributed by atoms with van der Waals surface area (Å²) in [7, 11) is 0. The maximum Gasteiger partial charge on any atom is 0.123 e. The summed E-state index contributed by atoms with van der Waals surface area (Å²) < 4.78 is 18.3. The molecule has 1 aromatic carbocycles. The van der Waals surface area contributed by atoms with Crippen LogP contribution >= 0.6 is 11.3 Å². The van der Waals surface area contributed by atoms with Gasteiger partial charge in [0.2, 0.25) is 0 Å². The van der Waals surface area contributed by atoms with Crippen molar-refractivity contribution < 1.29 is 14.2 Å². The molecule has 2 aromatic rings. The molecular formula is C16H18FNO2S. The number of nitrogens with zero attached hydrogens (tertiary/aromatic N) is 1. The Morgan fingerprint density at radius 1 is 1.29 bits per heavy atom. The third kappa shape index (κ3) is 3.81. The van der Waals surface area contributed by atoms with Crippen LogP contribution in [0.3, 0.4) is 0 Å². The van der Waals surface area contributed by atoms with Gasteiger partial charge >= 0.3 is 0 Å². The topological polar surface area (TPSA) is 32.7 Å². The Labute approximate surface area is 127 Å². The summed E-state index contributed by atoms with van der Waals surface area (Å²) in [6, 6.07) is 8.00. The molecule has 0 bridgehead atoms. The number of ether oxygens (including phenoxy) is 1. The second-order valence-electron chi connectivity index (χ2n) is 5.27. The van der Waals surface area contributed by atoms with Gasteiger partial charge in [-0.1, -0.05) is 0 Å². The van der Waals surface area contributed by atoms with Crippen molar-refractivity contribution in [3.8, 4) is 5.75 Å². The van der Waals surface area contributed by atoms with Crippen molar-refractivity contribution in [3.05, 3.63) is 52.0 Å². The lowest BCUT2D eigenvalue weighted by Gasteiger charge is -2.28. The lowest BCUT2D eigenvalue weighted by Crippen LogP contribution is -2.38. The first-order valence-electron chi connectivity index (χ1n) is 7.05. The summed E-state index contributed by atoms with van der Waals surface area (Å²) in [4.78, 5) is 3.71. The first kappa shape index (κ1) is 14.5. The fourth-order valence-electron chi connectivity index (χ4n) is 2.54. The van der Waals surface area contributed by atoms with E-state index in [2.05, 4.69) is 16.3 Å².